The van der Waals surface area contributed by atoms with Gasteiger partial charge in [-0.2, -0.15) is 0 Å². The summed E-state index contributed by atoms with van der Waals surface area (Å²) < 4.78 is 1.20. The third-order valence-corrected chi connectivity index (χ3v) is 3.89. The normalized spacial score (nSPS) is 10.5. The van der Waals surface area contributed by atoms with Gasteiger partial charge in [-0.25, -0.2) is 9.48 Å². The van der Waals surface area contributed by atoms with E-state index in [2.05, 4.69) is 15.6 Å². The van der Waals surface area contributed by atoms with E-state index in [1.807, 2.05) is 19.9 Å². The topological polar surface area (TPSA) is 97.1 Å². The Bertz CT molecular complexity index is 627. The number of hydrogen-bond acceptors (Lipinski definition) is 5. The second-order valence-electron chi connectivity index (χ2n) is 4.34. The summed E-state index contributed by atoms with van der Waals surface area (Å²) >= 11 is 1.64. The Morgan fingerprint density at radius 2 is 2.20 bits per heavy atom. The lowest BCUT2D eigenvalue weighted by Crippen LogP contribution is -2.27. The Hall–Kier alpha value is -2.22. The smallest absolute Gasteiger partial charge is 0.358 e. The molecule has 2 aromatic heterocycles. The lowest BCUT2D eigenvalue weighted by molar-refractivity contribution is -0.122. The molecule has 2 N–H and O–H groups in total. The van der Waals surface area contributed by atoms with E-state index >= 15 is 0 Å². The first-order chi connectivity index (χ1) is 9.45. The summed E-state index contributed by atoms with van der Waals surface area (Å²) in [7, 11) is 0. The molecule has 0 aliphatic rings. The van der Waals surface area contributed by atoms with Crippen molar-refractivity contribution in [3.05, 3.63) is 33.3 Å². The van der Waals surface area contributed by atoms with E-state index in [-0.39, 0.29) is 18.1 Å². The van der Waals surface area contributed by atoms with Crippen molar-refractivity contribution in [3.8, 4) is 0 Å². The molecule has 106 valence electrons. The molecule has 2 heterocycles. The van der Waals surface area contributed by atoms with Crippen molar-refractivity contribution in [2.75, 3.05) is 0 Å². The molecular formula is C12H14N4O3S. The summed E-state index contributed by atoms with van der Waals surface area (Å²) in [6, 6.07) is 2.04. The maximum Gasteiger partial charge on any atom is 0.358 e. The molecule has 0 saturated carbocycles. The van der Waals surface area contributed by atoms with Crippen molar-refractivity contribution in [1.29, 1.82) is 0 Å². The molecule has 1 amide bonds. The van der Waals surface area contributed by atoms with E-state index in [9.17, 15) is 9.59 Å². The van der Waals surface area contributed by atoms with Crippen molar-refractivity contribution < 1.29 is 14.7 Å². The number of rotatable bonds is 5. The summed E-state index contributed by atoms with van der Waals surface area (Å²) in [6.45, 7) is 4.47. The lowest BCUT2D eigenvalue weighted by atomic mass is 10.3. The molecule has 0 aromatic carbocycles. The van der Waals surface area contributed by atoms with Crippen LogP contribution in [0.3, 0.4) is 0 Å². The van der Waals surface area contributed by atoms with Crippen molar-refractivity contribution in [2.24, 2.45) is 0 Å². The summed E-state index contributed by atoms with van der Waals surface area (Å²) in [5.41, 5.74) is 1.03. The summed E-state index contributed by atoms with van der Waals surface area (Å²) in [4.78, 5) is 24.7. The molecule has 0 radical (unpaired) electrons. The monoisotopic (exact) mass is 294 g/mol. The molecule has 8 heteroatoms. The molecule has 7 nitrogen and oxygen atoms in total. The van der Waals surface area contributed by atoms with Crippen LogP contribution in [-0.2, 0) is 17.9 Å². The van der Waals surface area contributed by atoms with Crippen molar-refractivity contribution in [3.63, 3.8) is 0 Å². The Morgan fingerprint density at radius 3 is 2.75 bits per heavy atom. The number of aromatic carboxylic acids is 1. The van der Waals surface area contributed by atoms with Gasteiger partial charge in [0.15, 0.2) is 5.69 Å². The predicted octanol–water partition coefficient (Wildman–Crippen LogP) is 0.971. The molecule has 0 unspecified atom stereocenters. The Morgan fingerprint density at radius 1 is 1.45 bits per heavy atom. The van der Waals surface area contributed by atoms with Crippen LogP contribution < -0.4 is 5.32 Å². The average molecular weight is 294 g/mol. The molecule has 0 spiro atoms. The maximum atomic E-state index is 11.7. The fourth-order valence-electron chi connectivity index (χ4n) is 1.60. The molecule has 0 saturated heterocycles. The zero-order chi connectivity index (χ0) is 14.7. The quantitative estimate of drug-likeness (QED) is 0.856. The third-order valence-electron chi connectivity index (χ3n) is 2.74. The van der Waals surface area contributed by atoms with Crippen LogP contribution in [0, 0.1) is 13.8 Å². The van der Waals surface area contributed by atoms with Crippen LogP contribution in [0.1, 0.15) is 25.8 Å². The van der Waals surface area contributed by atoms with Crippen molar-refractivity contribution >= 4 is 23.2 Å². The number of aryl methyl sites for hydroxylation is 2. The second kappa shape index (κ2) is 5.83. The fourth-order valence-corrected chi connectivity index (χ4v) is 2.59. The molecule has 2 aromatic rings. The number of carboxylic acids is 1. The van der Waals surface area contributed by atoms with Gasteiger partial charge < -0.3 is 10.4 Å². The van der Waals surface area contributed by atoms with Crippen LogP contribution in [0.15, 0.2) is 12.3 Å². The second-order valence-corrected chi connectivity index (χ2v) is 5.68. The highest BCUT2D eigenvalue weighted by molar-refractivity contribution is 7.12. The molecule has 20 heavy (non-hydrogen) atoms. The van der Waals surface area contributed by atoms with E-state index in [4.69, 9.17) is 5.11 Å². The van der Waals surface area contributed by atoms with Gasteiger partial charge in [-0.1, -0.05) is 5.21 Å². The van der Waals surface area contributed by atoms with Gasteiger partial charge in [0.25, 0.3) is 0 Å². The van der Waals surface area contributed by atoms with E-state index in [0.717, 1.165) is 4.88 Å². The van der Waals surface area contributed by atoms with Crippen LogP contribution in [0.25, 0.3) is 0 Å². The number of carbonyl (C=O) groups is 2. The molecule has 0 atom stereocenters. The lowest BCUT2D eigenvalue weighted by Gasteiger charge is -2.02. The predicted molar refractivity (Wildman–Crippen MR) is 72.6 cm³/mol. The van der Waals surface area contributed by atoms with Gasteiger partial charge in [0.2, 0.25) is 5.91 Å². The number of aromatic nitrogens is 3. The minimum atomic E-state index is -1.17. The van der Waals surface area contributed by atoms with Gasteiger partial charge in [0.05, 0.1) is 12.7 Å². The van der Waals surface area contributed by atoms with E-state index in [1.54, 1.807) is 11.3 Å². The van der Waals surface area contributed by atoms with Gasteiger partial charge in [0.1, 0.15) is 6.54 Å². The standard InChI is InChI=1S/C12H14N4O3S/c1-7-3-9(20-8(7)2)4-13-11(17)6-16-5-10(12(18)19)14-15-16/h3,5H,4,6H2,1-2H3,(H,13,17)(H,18,19). The summed E-state index contributed by atoms with van der Waals surface area (Å²) in [5, 5.41) is 18.5. The molecule has 2 rings (SSSR count). The SMILES string of the molecule is Cc1cc(CNC(=O)Cn2cc(C(=O)O)nn2)sc1C. The van der Waals surface area contributed by atoms with Gasteiger partial charge in [-0.15, -0.1) is 16.4 Å². The number of nitrogens with one attached hydrogen (secondary N) is 1. The van der Waals surface area contributed by atoms with Crippen molar-refractivity contribution in [2.45, 2.75) is 26.9 Å². The first-order valence-electron chi connectivity index (χ1n) is 5.91. The Kier molecular flexibility index (Phi) is 4.14. The largest absolute Gasteiger partial charge is 0.476 e. The fraction of sp³-hybridized carbons (Fsp3) is 0.333. The van der Waals surface area contributed by atoms with Crippen LogP contribution >= 0.6 is 11.3 Å². The Balaban J connectivity index is 1.87. The highest BCUT2D eigenvalue weighted by atomic mass is 32.1. The highest BCUT2D eigenvalue weighted by Gasteiger charge is 2.11. The van der Waals surface area contributed by atoms with Gasteiger partial charge in [0, 0.05) is 9.75 Å². The Labute approximate surface area is 119 Å². The van der Waals surface area contributed by atoms with Gasteiger partial charge >= 0.3 is 5.97 Å². The van der Waals surface area contributed by atoms with E-state index in [0.29, 0.717) is 6.54 Å². The number of amides is 1. The first kappa shape index (κ1) is 14.2. The van der Waals surface area contributed by atoms with Crippen molar-refractivity contribution in [1.82, 2.24) is 20.3 Å². The zero-order valence-corrected chi connectivity index (χ0v) is 11.9. The molecule has 0 aliphatic carbocycles. The minimum Gasteiger partial charge on any atom is -0.476 e. The number of carboxylic acid groups (broad SMARTS) is 1. The van der Waals surface area contributed by atoms with Gasteiger partial charge in [-0.3, -0.25) is 4.79 Å². The van der Waals surface area contributed by atoms with Crippen LogP contribution in [0.4, 0.5) is 0 Å². The van der Waals surface area contributed by atoms with Crippen LogP contribution in [0.5, 0.6) is 0 Å². The molecule has 0 fully saturated rings. The summed E-state index contributed by atoms with van der Waals surface area (Å²) in [5.74, 6) is -1.41. The highest BCUT2D eigenvalue weighted by Crippen LogP contribution is 2.20. The zero-order valence-electron chi connectivity index (χ0n) is 11.1. The van der Waals surface area contributed by atoms with E-state index < -0.39 is 5.97 Å². The third kappa shape index (κ3) is 3.41. The van der Waals surface area contributed by atoms with Gasteiger partial charge in [-0.05, 0) is 25.5 Å². The molecule has 0 aliphatic heterocycles. The van der Waals surface area contributed by atoms with E-state index in [1.165, 1.54) is 21.3 Å². The number of hydrogen-bond donors (Lipinski definition) is 2. The van der Waals surface area contributed by atoms with Crippen LogP contribution in [0.2, 0.25) is 0 Å². The number of thiophene rings is 1. The first-order valence-corrected chi connectivity index (χ1v) is 6.73. The van der Waals surface area contributed by atoms with Crippen LogP contribution in [-0.4, -0.2) is 32.0 Å². The summed E-state index contributed by atoms with van der Waals surface area (Å²) in [6.07, 6.45) is 1.22. The molecular weight excluding hydrogens is 280 g/mol. The maximum absolute atomic E-state index is 11.7. The number of nitrogens with zero attached hydrogens (tertiary/aromatic N) is 3. The number of carbonyl (C=O) groups excluding carboxylic acids is 1. The molecule has 0 bridgehead atoms. The minimum absolute atomic E-state index is 0.0520. The average Bonchev–Trinajstić information content (AvgIpc) is 2.95.